The minimum Gasteiger partial charge on any atom is -0.314 e. The van der Waals surface area contributed by atoms with Gasteiger partial charge in [-0.3, -0.25) is 4.90 Å². The molecule has 0 spiro atoms. The molecule has 0 radical (unpaired) electrons. The van der Waals surface area contributed by atoms with E-state index in [0.29, 0.717) is 6.04 Å². The summed E-state index contributed by atoms with van der Waals surface area (Å²) in [7, 11) is 0. The van der Waals surface area contributed by atoms with Crippen molar-refractivity contribution in [3.8, 4) is 0 Å². The van der Waals surface area contributed by atoms with E-state index in [-0.39, 0.29) is 0 Å². The number of hydrogen-bond acceptors (Lipinski definition) is 2. The molecule has 1 aliphatic rings. The first-order valence-electron chi connectivity index (χ1n) is 7.53. The van der Waals surface area contributed by atoms with Crippen LogP contribution in [0.2, 0.25) is 0 Å². The molecule has 0 saturated heterocycles. The molecule has 2 unspecified atom stereocenters. The van der Waals surface area contributed by atoms with E-state index in [1.165, 1.54) is 32.2 Å². The van der Waals surface area contributed by atoms with Gasteiger partial charge in [0.05, 0.1) is 0 Å². The largest absolute Gasteiger partial charge is 0.314 e. The van der Waals surface area contributed by atoms with E-state index in [9.17, 15) is 0 Å². The second-order valence-corrected chi connectivity index (χ2v) is 6.26. The number of hydrogen-bond donors (Lipinski definition) is 1. The molecule has 1 saturated carbocycles. The van der Waals surface area contributed by atoms with Crippen molar-refractivity contribution in [3.63, 3.8) is 0 Å². The van der Waals surface area contributed by atoms with E-state index in [0.717, 1.165) is 24.5 Å². The summed E-state index contributed by atoms with van der Waals surface area (Å²) in [5.41, 5.74) is 0. The Labute approximate surface area is 108 Å². The van der Waals surface area contributed by atoms with Crippen molar-refractivity contribution in [3.05, 3.63) is 0 Å². The van der Waals surface area contributed by atoms with Gasteiger partial charge in [0.15, 0.2) is 0 Å². The average Bonchev–Trinajstić information content (AvgIpc) is 3.06. The molecule has 1 rings (SSSR count). The molecular weight excluding hydrogens is 208 g/mol. The highest BCUT2D eigenvalue weighted by Crippen LogP contribution is 2.30. The van der Waals surface area contributed by atoms with E-state index >= 15 is 0 Å². The zero-order chi connectivity index (χ0) is 12.8. The van der Waals surface area contributed by atoms with Crippen LogP contribution in [0, 0.1) is 5.92 Å². The fourth-order valence-electron chi connectivity index (χ4n) is 2.64. The summed E-state index contributed by atoms with van der Waals surface area (Å²) in [6, 6.07) is 2.27. The van der Waals surface area contributed by atoms with Crippen LogP contribution in [0.1, 0.15) is 60.3 Å². The van der Waals surface area contributed by atoms with Gasteiger partial charge in [-0.2, -0.15) is 0 Å². The lowest BCUT2D eigenvalue weighted by Crippen LogP contribution is -2.42. The predicted octanol–water partition coefficient (Wildman–Crippen LogP) is 3.27. The lowest BCUT2D eigenvalue weighted by molar-refractivity contribution is 0.160. The quantitative estimate of drug-likeness (QED) is 0.665. The van der Waals surface area contributed by atoms with Crippen LogP contribution in [0.5, 0.6) is 0 Å². The maximum atomic E-state index is 3.60. The van der Waals surface area contributed by atoms with Gasteiger partial charge in [0.2, 0.25) is 0 Å². The van der Waals surface area contributed by atoms with E-state index < -0.39 is 0 Å². The highest BCUT2D eigenvalue weighted by Gasteiger charge is 2.32. The maximum Gasteiger partial charge on any atom is 0.00993 e. The van der Waals surface area contributed by atoms with E-state index in [1.807, 2.05) is 0 Å². The van der Waals surface area contributed by atoms with Crippen LogP contribution in [-0.4, -0.2) is 36.1 Å². The topological polar surface area (TPSA) is 15.3 Å². The maximum absolute atomic E-state index is 3.60. The van der Waals surface area contributed by atoms with Gasteiger partial charge in [0, 0.05) is 24.7 Å². The smallest absolute Gasteiger partial charge is 0.00993 e. The molecule has 0 aromatic carbocycles. The number of nitrogens with zero attached hydrogens (tertiary/aromatic N) is 1. The fraction of sp³-hybridized carbons (Fsp3) is 1.00. The van der Waals surface area contributed by atoms with E-state index in [1.54, 1.807) is 0 Å². The lowest BCUT2D eigenvalue weighted by atomic mass is 10.1. The Hall–Kier alpha value is -0.0800. The van der Waals surface area contributed by atoms with Crippen molar-refractivity contribution in [2.24, 2.45) is 5.92 Å². The number of rotatable bonds is 9. The van der Waals surface area contributed by atoms with Crippen molar-refractivity contribution < 1.29 is 0 Å². The summed E-state index contributed by atoms with van der Waals surface area (Å²) in [6.45, 7) is 14.1. The molecule has 0 heterocycles. The molecule has 1 fully saturated rings. The van der Waals surface area contributed by atoms with Gasteiger partial charge < -0.3 is 5.32 Å². The molecule has 17 heavy (non-hydrogen) atoms. The highest BCUT2D eigenvalue weighted by molar-refractivity contribution is 4.88. The summed E-state index contributed by atoms with van der Waals surface area (Å²) in [6.07, 6.45) is 5.36. The first kappa shape index (κ1) is 15.0. The van der Waals surface area contributed by atoms with Crippen molar-refractivity contribution in [1.82, 2.24) is 10.2 Å². The van der Waals surface area contributed by atoms with Crippen LogP contribution < -0.4 is 5.32 Å². The van der Waals surface area contributed by atoms with Crippen molar-refractivity contribution in [2.75, 3.05) is 13.1 Å². The summed E-state index contributed by atoms with van der Waals surface area (Å²) in [4.78, 5) is 2.74. The van der Waals surface area contributed by atoms with Crippen LogP contribution in [0.15, 0.2) is 0 Å². The minimum absolute atomic E-state index is 0.651. The Balaban J connectivity index is 2.33. The average molecular weight is 240 g/mol. The first-order valence-corrected chi connectivity index (χ1v) is 7.53. The summed E-state index contributed by atoms with van der Waals surface area (Å²) < 4.78 is 0. The Kier molecular flexibility index (Phi) is 6.50. The van der Waals surface area contributed by atoms with Gasteiger partial charge in [-0.15, -0.1) is 0 Å². The second-order valence-electron chi connectivity index (χ2n) is 6.26. The molecule has 0 aromatic heterocycles. The van der Waals surface area contributed by atoms with Gasteiger partial charge in [-0.05, 0) is 52.0 Å². The zero-order valence-corrected chi connectivity index (χ0v) is 12.5. The van der Waals surface area contributed by atoms with Crippen LogP contribution in [0.25, 0.3) is 0 Å². The van der Waals surface area contributed by atoms with E-state index in [4.69, 9.17) is 0 Å². The first-order chi connectivity index (χ1) is 8.04. The van der Waals surface area contributed by atoms with Crippen LogP contribution in [0.4, 0.5) is 0 Å². The summed E-state index contributed by atoms with van der Waals surface area (Å²) in [5.74, 6) is 0.789. The molecular formula is C15H32N2. The number of nitrogens with one attached hydrogen (secondary N) is 1. The third kappa shape index (κ3) is 5.87. The molecule has 0 amide bonds. The van der Waals surface area contributed by atoms with Crippen molar-refractivity contribution in [2.45, 2.75) is 78.4 Å². The summed E-state index contributed by atoms with van der Waals surface area (Å²) >= 11 is 0. The van der Waals surface area contributed by atoms with E-state index in [2.05, 4.69) is 44.8 Å². The molecule has 2 nitrogen and oxygen atoms in total. The molecule has 1 N–H and O–H groups in total. The molecule has 2 atom stereocenters. The highest BCUT2D eigenvalue weighted by atomic mass is 15.2. The van der Waals surface area contributed by atoms with Gasteiger partial charge in [0.1, 0.15) is 0 Å². The Morgan fingerprint density at radius 3 is 2.29 bits per heavy atom. The van der Waals surface area contributed by atoms with Gasteiger partial charge in [-0.1, -0.05) is 20.8 Å². The molecule has 2 heteroatoms. The SMILES string of the molecule is CCCNC(C)CC(C)N(CC(C)C)C1CC1. The Morgan fingerprint density at radius 1 is 1.18 bits per heavy atom. The molecule has 102 valence electrons. The fourth-order valence-corrected chi connectivity index (χ4v) is 2.64. The third-order valence-electron chi connectivity index (χ3n) is 3.60. The predicted molar refractivity (Wildman–Crippen MR) is 76.4 cm³/mol. The third-order valence-corrected chi connectivity index (χ3v) is 3.60. The molecule has 1 aliphatic carbocycles. The van der Waals surface area contributed by atoms with Gasteiger partial charge in [-0.25, -0.2) is 0 Å². The van der Waals surface area contributed by atoms with Crippen LogP contribution in [-0.2, 0) is 0 Å². The standard InChI is InChI=1S/C15H32N2/c1-6-9-16-13(4)10-14(5)17(11-12(2)3)15-7-8-15/h12-16H,6-11H2,1-5H3. The van der Waals surface area contributed by atoms with Crippen LogP contribution >= 0.6 is 0 Å². The van der Waals surface area contributed by atoms with Crippen molar-refractivity contribution in [1.29, 1.82) is 0 Å². The van der Waals surface area contributed by atoms with Crippen LogP contribution in [0.3, 0.4) is 0 Å². The Bertz CT molecular complexity index is 199. The lowest BCUT2D eigenvalue weighted by Gasteiger charge is -2.32. The second kappa shape index (κ2) is 7.38. The molecule has 0 aliphatic heterocycles. The minimum atomic E-state index is 0.651. The zero-order valence-electron chi connectivity index (χ0n) is 12.5. The molecule has 0 bridgehead atoms. The summed E-state index contributed by atoms with van der Waals surface area (Å²) in [5, 5.41) is 3.60. The van der Waals surface area contributed by atoms with Gasteiger partial charge in [0.25, 0.3) is 0 Å². The Morgan fingerprint density at radius 2 is 1.82 bits per heavy atom. The normalized spacial score (nSPS) is 19.9. The van der Waals surface area contributed by atoms with Gasteiger partial charge >= 0.3 is 0 Å². The monoisotopic (exact) mass is 240 g/mol. The van der Waals surface area contributed by atoms with Crippen molar-refractivity contribution >= 4 is 0 Å². The molecule has 0 aromatic rings.